The number of nitriles is 1. The van der Waals surface area contributed by atoms with Crippen molar-refractivity contribution in [3.05, 3.63) is 86.7 Å². The van der Waals surface area contributed by atoms with Crippen molar-refractivity contribution in [2.75, 3.05) is 13.9 Å². The topological polar surface area (TPSA) is 96.0 Å². The summed E-state index contributed by atoms with van der Waals surface area (Å²) >= 11 is 12.2. The number of hydrogen-bond donors (Lipinski definition) is 1. The molecule has 3 aromatic rings. The Hall–Kier alpha value is -3.73. The molecular weight excluding hydrogens is 479 g/mol. The summed E-state index contributed by atoms with van der Waals surface area (Å²) in [5.74, 6) is 2.21. The van der Waals surface area contributed by atoms with Crippen LogP contribution in [0.4, 0.5) is 0 Å². The number of nitrogens with two attached hydrogens (primary N) is 1. The molecule has 0 fully saturated rings. The van der Waals surface area contributed by atoms with Crippen LogP contribution < -0.4 is 29.4 Å². The van der Waals surface area contributed by atoms with Gasteiger partial charge in [-0.2, -0.15) is 5.26 Å². The van der Waals surface area contributed by atoms with Crippen LogP contribution in [-0.2, 0) is 6.61 Å². The number of benzene rings is 3. The third kappa shape index (κ3) is 3.92. The Balaban J connectivity index is 1.50. The van der Waals surface area contributed by atoms with Gasteiger partial charge < -0.3 is 29.4 Å². The first-order valence-corrected chi connectivity index (χ1v) is 11.0. The summed E-state index contributed by atoms with van der Waals surface area (Å²) in [5, 5.41) is 10.9. The predicted molar refractivity (Wildman–Crippen MR) is 126 cm³/mol. The molecule has 0 radical (unpaired) electrons. The zero-order valence-corrected chi connectivity index (χ0v) is 19.4. The zero-order valence-electron chi connectivity index (χ0n) is 17.9. The van der Waals surface area contributed by atoms with Gasteiger partial charge in [-0.3, -0.25) is 0 Å². The molecule has 172 valence electrons. The van der Waals surface area contributed by atoms with E-state index in [4.69, 9.17) is 52.6 Å². The molecule has 34 heavy (non-hydrogen) atoms. The van der Waals surface area contributed by atoms with Gasteiger partial charge in [0.05, 0.1) is 13.0 Å². The van der Waals surface area contributed by atoms with Crippen molar-refractivity contribution in [3.8, 4) is 34.8 Å². The molecule has 1 atom stereocenters. The molecule has 2 aliphatic heterocycles. The molecule has 0 spiro atoms. The van der Waals surface area contributed by atoms with E-state index in [2.05, 4.69) is 6.07 Å². The minimum Gasteiger partial charge on any atom is -0.493 e. The average Bonchev–Trinajstić information content (AvgIpc) is 3.28. The first kappa shape index (κ1) is 22.1. The molecule has 2 N–H and O–H groups in total. The largest absolute Gasteiger partial charge is 0.493 e. The van der Waals surface area contributed by atoms with Crippen LogP contribution >= 0.6 is 23.2 Å². The van der Waals surface area contributed by atoms with E-state index in [-0.39, 0.29) is 24.9 Å². The fraction of sp³-hybridized carbons (Fsp3) is 0.160. The first-order valence-electron chi connectivity index (χ1n) is 10.2. The van der Waals surface area contributed by atoms with Crippen molar-refractivity contribution in [3.63, 3.8) is 0 Å². The maximum atomic E-state index is 9.85. The Morgan fingerprint density at radius 3 is 2.56 bits per heavy atom. The number of methoxy groups -OCH3 is 1. The lowest BCUT2D eigenvalue weighted by atomic mass is 9.83. The highest BCUT2D eigenvalue weighted by Gasteiger charge is 2.33. The fourth-order valence-electron chi connectivity index (χ4n) is 3.97. The highest BCUT2D eigenvalue weighted by Crippen LogP contribution is 2.48. The highest BCUT2D eigenvalue weighted by atomic mass is 35.5. The predicted octanol–water partition coefficient (Wildman–Crippen LogP) is 5.53. The molecule has 2 aliphatic rings. The number of fused-ring (bicyclic) bond motifs is 2. The number of allylic oxidation sites excluding steroid dienone is 1. The SMILES string of the molecule is COc1cc([C@H]2C(C#N)=C(N)Oc3cc4c(cc32)OCO4)ccc1OCc1ccc(Cl)cc1Cl. The number of rotatable bonds is 5. The van der Waals surface area contributed by atoms with E-state index < -0.39 is 5.92 Å². The van der Waals surface area contributed by atoms with Gasteiger partial charge in [0, 0.05) is 27.2 Å². The van der Waals surface area contributed by atoms with Gasteiger partial charge in [-0.1, -0.05) is 35.3 Å². The minimum atomic E-state index is -0.489. The van der Waals surface area contributed by atoms with Crippen molar-refractivity contribution >= 4 is 23.2 Å². The smallest absolute Gasteiger partial charge is 0.231 e. The standard InChI is InChI=1S/C25H18Cl2N2O5/c1-30-21-6-13(3-5-19(21)31-11-14-2-4-15(26)7-18(14)27)24-16-8-22-23(33-12-32-22)9-20(16)34-25(29)17(24)10-28/h2-9,24H,11-12,29H2,1H3/t24-/m1/s1. The van der Waals surface area contributed by atoms with Crippen molar-refractivity contribution < 1.29 is 23.7 Å². The van der Waals surface area contributed by atoms with Crippen molar-refractivity contribution in [2.24, 2.45) is 5.73 Å². The molecule has 2 heterocycles. The molecule has 0 unspecified atom stereocenters. The van der Waals surface area contributed by atoms with Gasteiger partial charge in [0.15, 0.2) is 23.0 Å². The number of hydrogen-bond acceptors (Lipinski definition) is 7. The zero-order chi connectivity index (χ0) is 23.8. The summed E-state index contributed by atoms with van der Waals surface area (Å²) in [5.41, 5.74) is 8.68. The molecule has 0 bridgehead atoms. The van der Waals surface area contributed by atoms with Crippen LogP contribution in [0.25, 0.3) is 0 Å². The van der Waals surface area contributed by atoms with Gasteiger partial charge >= 0.3 is 0 Å². The van der Waals surface area contributed by atoms with Crippen LogP contribution in [0.3, 0.4) is 0 Å². The van der Waals surface area contributed by atoms with Crippen LogP contribution in [0.1, 0.15) is 22.6 Å². The van der Waals surface area contributed by atoms with Crippen LogP contribution in [0.15, 0.2) is 60.0 Å². The van der Waals surface area contributed by atoms with E-state index in [1.165, 1.54) is 0 Å². The Labute approximate surface area is 205 Å². The molecule has 0 aliphatic carbocycles. The molecule has 9 heteroatoms. The van der Waals surface area contributed by atoms with E-state index >= 15 is 0 Å². The molecule has 3 aromatic carbocycles. The van der Waals surface area contributed by atoms with Gasteiger partial charge in [0.25, 0.3) is 0 Å². The second-order valence-electron chi connectivity index (χ2n) is 7.60. The Bertz CT molecular complexity index is 1370. The van der Waals surface area contributed by atoms with E-state index in [0.29, 0.717) is 38.8 Å². The van der Waals surface area contributed by atoms with Gasteiger partial charge in [0.1, 0.15) is 24.0 Å². The van der Waals surface area contributed by atoms with Crippen molar-refractivity contribution in [1.29, 1.82) is 5.26 Å². The molecule has 0 saturated carbocycles. The van der Waals surface area contributed by atoms with Crippen LogP contribution in [0, 0.1) is 11.3 Å². The normalized spacial score (nSPS) is 15.9. The monoisotopic (exact) mass is 496 g/mol. The third-order valence-electron chi connectivity index (χ3n) is 5.63. The lowest BCUT2D eigenvalue weighted by Crippen LogP contribution is -2.21. The van der Waals surface area contributed by atoms with E-state index in [9.17, 15) is 5.26 Å². The molecule has 0 aromatic heterocycles. The summed E-state index contributed by atoms with van der Waals surface area (Å²) in [7, 11) is 1.55. The summed E-state index contributed by atoms with van der Waals surface area (Å²) in [4.78, 5) is 0. The first-order chi connectivity index (χ1) is 16.5. The van der Waals surface area contributed by atoms with Gasteiger partial charge in [0.2, 0.25) is 12.7 Å². The van der Waals surface area contributed by atoms with E-state index in [1.54, 1.807) is 31.4 Å². The molecule has 7 nitrogen and oxygen atoms in total. The number of ether oxygens (including phenoxy) is 5. The van der Waals surface area contributed by atoms with Crippen LogP contribution in [0.2, 0.25) is 10.0 Å². The second-order valence-corrected chi connectivity index (χ2v) is 8.45. The molecule has 5 rings (SSSR count). The van der Waals surface area contributed by atoms with Crippen LogP contribution in [-0.4, -0.2) is 13.9 Å². The van der Waals surface area contributed by atoms with Gasteiger partial charge in [-0.15, -0.1) is 0 Å². The lowest BCUT2D eigenvalue weighted by molar-refractivity contribution is 0.174. The Morgan fingerprint density at radius 1 is 1.03 bits per heavy atom. The average molecular weight is 497 g/mol. The fourth-order valence-corrected chi connectivity index (χ4v) is 4.43. The quantitative estimate of drug-likeness (QED) is 0.495. The summed E-state index contributed by atoms with van der Waals surface area (Å²) in [6.07, 6.45) is 0. The van der Waals surface area contributed by atoms with Crippen molar-refractivity contribution in [1.82, 2.24) is 0 Å². The lowest BCUT2D eigenvalue weighted by Gasteiger charge is -2.27. The van der Waals surface area contributed by atoms with Crippen LogP contribution in [0.5, 0.6) is 28.7 Å². The highest BCUT2D eigenvalue weighted by molar-refractivity contribution is 6.35. The maximum absolute atomic E-state index is 9.85. The molecular formula is C25H18Cl2N2O5. The van der Waals surface area contributed by atoms with E-state index in [0.717, 1.165) is 16.7 Å². The summed E-state index contributed by atoms with van der Waals surface area (Å²) in [6.45, 7) is 0.347. The third-order valence-corrected chi connectivity index (χ3v) is 6.22. The maximum Gasteiger partial charge on any atom is 0.231 e. The van der Waals surface area contributed by atoms with Gasteiger partial charge in [-0.25, -0.2) is 0 Å². The summed E-state index contributed by atoms with van der Waals surface area (Å²) < 4.78 is 28.2. The number of halogens is 2. The second kappa shape index (κ2) is 8.90. The Kier molecular flexibility index (Phi) is 5.78. The van der Waals surface area contributed by atoms with Gasteiger partial charge in [-0.05, 0) is 35.9 Å². The van der Waals surface area contributed by atoms with Crippen molar-refractivity contribution in [2.45, 2.75) is 12.5 Å². The number of nitrogens with zero attached hydrogens (tertiary/aromatic N) is 1. The molecule has 0 saturated heterocycles. The summed E-state index contributed by atoms with van der Waals surface area (Å²) in [6, 6.07) is 16.4. The minimum absolute atomic E-state index is 0.0375. The Morgan fingerprint density at radius 2 is 1.82 bits per heavy atom. The molecule has 0 amide bonds. The van der Waals surface area contributed by atoms with E-state index in [1.807, 2.05) is 24.3 Å².